The third-order valence-corrected chi connectivity index (χ3v) is 9.22. The third-order valence-electron chi connectivity index (χ3n) is 3.85. The molecule has 3 heteroatoms. The van der Waals surface area contributed by atoms with Gasteiger partial charge in [0.2, 0.25) is 0 Å². The van der Waals surface area contributed by atoms with Crippen molar-refractivity contribution in [1.29, 1.82) is 0 Å². The molecule has 66 valence electrons. The van der Waals surface area contributed by atoms with Crippen molar-refractivity contribution in [1.82, 2.24) is 0 Å². The first-order valence-electron chi connectivity index (χ1n) is 4.56. The first-order valence-corrected chi connectivity index (χ1v) is 7.41. The molecule has 12 heavy (non-hydrogen) atoms. The van der Waals surface area contributed by atoms with Crippen molar-refractivity contribution in [2.75, 3.05) is 6.61 Å². The Bertz CT molecular complexity index is 333. The maximum Gasteiger partial charge on any atom is 0.0812 e. The Labute approximate surface area is 78.3 Å². The van der Waals surface area contributed by atoms with Crippen molar-refractivity contribution in [3.05, 3.63) is 11.1 Å². The highest BCUT2D eigenvalue weighted by Gasteiger charge is 2.60. The molecule has 2 saturated heterocycles. The zero-order valence-corrected chi connectivity index (χ0v) is 9.12. The molecule has 0 radical (unpaired) electrons. The zero-order chi connectivity index (χ0) is 8.51. The molecule has 0 aliphatic carbocycles. The van der Waals surface area contributed by atoms with Crippen LogP contribution in [0.2, 0.25) is 0 Å². The van der Waals surface area contributed by atoms with Crippen LogP contribution in [-0.4, -0.2) is 17.9 Å². The third kappa shape index (κ3) is 0.615. The lowest BCUT2D eigenvalue weighted by Crippen LogP contribution is -2.19. The van der Waals surface area contributed by atoms with Crippen LogP contribution in [0.25, 0.3) is 0 Å². The summed E-state index contributed by atoms with van der Waals surface area (Å²) in [6.07, 6.45) is -0.0624. The summed E-state index contributed by atoms with van der Waals surface area (Å²) in [6, 6.07) is 0. The molecule has 0 aromatic rings. The molecule has 0 amide bonds. The Morgan fingerprint density at radius 3 is 2.75 bits per heavy atom. The van der Waals surface area contributed by atoms with E-state index in [0.29, 0.717) is 11.3 Å². The second kappa shape index (κ2) is 2.05. The molecule has 0 aromatic carbocycles. The van der Waals surface area contributed by atoms with Crippen LogP contribution in [0.1, 0.15) is 20.3 Å². The fraction of sp³-hybridized carbons (Fsp3) is 0.778. The summed E-state index contributed by atoms with van der Waals surface area (Å²) >= 11 is 5.72. The summed E-state index contributed by atoms with van der Waals surface area (Å²) in [4.78, 5) is 0. The second-order valence-corrected chi connectivity index (χ2v) is 8.70. The quantitative estimate of drug-likeness (QED) is 0.439. The molecular weight excluding hydrogens is 187 g/mol. The monoisotopic (exact) mass is 200 g/mol. The van der Waals surface area contributed by atoms with Gasteiger partial charge >= 0.3 is 0 Å². The predicted octanol–water partition coefficient (Wildman–Crippen LogP) is 2.52. The van der Waals surface area contributed by atoms with Gasteiger partial charge in [-0.15, -0.1) is 0 Å². The van der Waals surface area contributed by atoms with Crippen molar-refractivity contribution in [2.45, 2.75) is 31.6 Å². The largest absolute Gasteiger partial charge is 0.349 e. The number of rotatable bonds is 0. The fourth-order valence-electron chi connectivity index (χ4n) is 3.16. The lowest BCUT2D eigenvalue weighted by Gasteiger charge is -2.23. The molecule has 3 rings (SSSR count). The Morgan fingerprint density at radius 1 is 1.42 bits per heavy atom. The van der Waals surface area contributed by atoms with Gasteiger partial charge in [0.05, 0.1) is 12.9 Å². The SMILES string of the molecule is CC1=C(C)[C@H]2[C@@H]3COP2(=S)C1C3. The van der Waals surface area contributed by atoms with E-state index in [1.165, 1.54) is 6.42 Å². The molecule has 0 saturated carbocycles. The Hall–Kier alpha value is 0.350. The molecular formula is C9H13OPS. The van der Waals surface area contributed by atoms with Crippen LogP contribution in [-0.2, 0) is 16.3 Å². The van der Waals surface area contributed by atoms with Crippen LogP contribution in [0, 0.1) is 5.92 Å². The van der Waals surface area contributed by atoms with Gasteiger partial charge in [0.25, 0.3) is 0 Å². The number of hydrogen-bond acceptors (Lipinski definition) is 2. The summed E-state index contributed by atoms with van der Waals surface area (Å²) in [6.45, 7) is 5.48. The molecule has 0 spiro atoms. The molecule has 3 aliphatic rings. The summed E-state index contributed by atoms with van der Waals surface area (Å²) in [5.74, 6) is 0.796. The zero-order valence-electron chi connectivity index (χ0n) is 7.41. The van der Waals surface area contributed by atoms with E-state index in [0.717, 1.165) is 12.5 Å². The van der Waals surface area contributed by atoms with Crippen LogP contribution < -0.4 is 0 Å². The van der Waals surface area contributed by atoms with Gasteiger partial charge in [0.15, 0.2) is 0 Å². The van der Waals surface area contributed by atoms with Crippen LogP contribution in [0.4, 0.5) is 0 Å². The molecule has 4 atom stereocenters. The van der Waals surface area contributed by atoms with E-state index in [1.54, 1.807) is 11.1 Å². The van der Waals surface area contributed by atoms with Gasteiger partial charge in [-0.1, -0.05) is 23.0 Å². The van der Waals surface area contributed by atoms with E-state index in [9.17, 15) is 0 Å². The van der Waals surface area contributed by atoms with Gasteiger partial charge in [-0.05, 0) is 26.2 Å². The first-order chi connectivity index (χ1) is 5.64. The maximum absolute atomic E-state index is 5.85. The number of hydrogen-bond donors (Lipinski definition) is 0. The average Bonchev–Trinajstić information content (AvgIpc) is 2.55. The van der Waals surface area contributed by atoms with E-state index in [2.05, 4.69) is 13.8 Å². The van der Waals surface area contributed by atoms with E-state index >= 15 is 0 Å². The smallest absolute Gasteiger partial charge is 0.0812 e. The maximum atomic E-state index is 5.85. The van der Waals surface area contributed by atoms with Crippen molar-refractivity contribution in [2.24, 2.45) is 5.92 Å². The molecule has 1 nitrogen and oxygen atoms in total. The molecule has 0 aromatic heterocycles. The minimum Gasteiger partial charge on any atom is -0.349 e. The molecule has 2 unspecified atom stereocenters. The van der Waals surface area contributed by atoms with Gasteiger partial charge < -0.3 is 4.52 Å². The highest BCUT2D eigenvalue weighted by Crippen LogP contribution is 2.78. The van der Waals surface area contributed by atoms with Crippen molar-refractivity contribution in [3.8, 4) is 0 Å². The highest BCUT2D eigenvalue weighted by atomic mass is 32.4. The highest BCUT2D eigenvalue weighted by molar-refractivity contribution is 8.13. The molecule has 3 heterocycles. The topological polar surface area (TPSA) is 9.23 Å². The van der Waals surface area contributed by atoms with Gasteiger partial charge in [0, 0.05) is 11.3 Å². The van der Waals surface area contributed by atoms with Gasteiger partial charge in [-0.2, -0.15) is 0 Å². The van der Waals surface area contributed by atoms with E-state index in [4.69, 9.17) is 16.3 Å². The Balaban J connectivity index is 2.22. The molecule has 2 fully saturated rings. The van der Waals surface area contributed by atoms with Gasteiger partial charge in [0.1, 0.15) is 0 Å². The van der Waals surface area contributed by atoms with E-state index in [1.807, 2.05) is 0 Å². The van der Waals surface area contributed by atoms with Gasteiger partial charge in [-0.3, -0.25) is 0 Å². The van der Waals surface area contributed by atoms with Crippen molar-refractivity contribution < 1.29 is 4.52 Å². The van der Waals surface area contributed by atoms with Crippen LogP contribution in [0.5, 0.6) is 0 Å². The lowest BCUT2D eigenvalue weighted by atomic mass is 9.86. The normalized spacial score (nSPS) is 55.7. The molecule has 0 N–H and O–H groups in total. The summed E-state index contributed by atoms with van der Waals surface area (Å²) in [7, 11) is 0. The van der Waals surface area contributed by atoms with Crippen LogP contribution >= 0.6 is 6.26 Å². The van der Waals surface area contributed by atoms with E-state index < -0.39 is 6.26 Å². The first kappa shape index (κ1) is 7.73. The van der Waals surface area contributed by atoms with Crippen LogP contribution in [0.15, 0.2) is 11.1 Å². The standard InChI is InChI=1S/C9H13OPS/c1-5-6(2)9-7-3-8(5)11(9,12)10-4-7/h7-9H,3-4H2,1-2H3/t7-,8?,9-,11?/m0/s1. The van der Waals surface area contributed by atoms with E-state index in [-0.39, 0.29) is 0 Å². The summed E-state index contributed by atoms with van der Waals surface area (Å²) in [5.41, 5.74) is 4.52. The molecule has 3 aliphatic heterocycles. The van der Waals surface area contributed by atoms with Crippen LogP contribution in [0.3, 0.4) is 0 Å². The summed E-state index contributed by atoms with van der Waals surface area (Å²) < 4.78 is 5.85. The second-order valence-electron chi connectivity index (χ2n) is 4.26. The Kier molecular flexibility index (Phi) is 1.32. The molecule has 4 bridgehead atoms. The number of allylic oxidation sites excluding steroid dienone is 2. The van der Waals surface area contributed by atoms with Crippen molar-refractivity contribution in [3.63, 3.8) is 0 Å². The Morgan fingerprint density at radius 2 is 2.17 bits per heavy atom. The average molecular weight is 200 g/mol. The fourth-order valence-corrected chi connectivity index (χ4v) is 9.06. The predicted molar refractivity (Wildman–Crippen MR) is 54.3 cm³/mol. The lowest BCUT2D eigenvalue weighted by molar-refractivity contribution is 0.286. The minimum absolute atomic E-state index is 0.677. The minimum atomic E-state index is -1.40. The van der Waals surface area contributed by atoms with Crippen molar-refractivity contribution >= 4 is 18.1 Å². The summed E-state index contributed by atoms with van der Waals surface area (Å²) in [5, 5.41) is 0. The van der Waals surface area contributed by atoms with Gasteiger partial charge in [-0.25, -0.2) is 0 Å².